The summed E-state index contributed by atoms with van der Waals surface area (Å²) in [6, 6.07) is 9.44. The quantitative estimate of drug-likeness (QED) is 0.657. The van der Waals surface area contributed by atoms with E-state index < -0.39 is 10.0 Å². The number of carbonyl (C=O) groups is 2. The molecule has 8 nitrogen and oxygen atoms in total. The highest BCUT2D eigenvalue weighted by atomic mass is 32.2. The Morgan fingerprint density at radius 2 is 1.73 bits per heavy atom. The van der Waals surface area contributed by atoms with Crippen LogP contribution in [-0.2, 0) is 26.0 Å². The Morgan fingerprint density at radius 3 is 2.48 bits per heavy atom. The number of piperidine rings is 1. The van der Waals surface area contributed by atoms with Crippen LogP contribution in [0.1, 0.15) is 28.8 Å². The summed E-state index contributed by atoms with van der Waals surface area (Å²) in [7, 11) is -3.69. The zero-order valence-corrected chi connectivity index (χ0v) is 19.9. The summed E-state index contributed by atoms with van der Waals surface area (Å²) in [5.41, 5.74) is 2.57. The molecule has 1 aromatic carbocycles. The van der Waals surface area contributed by atoms with Crippen LogP contribution in [0.3, 0.4) is 0 Å². The first kappa shape index (κ1) is 22.5. The number of fused-ring (bicyclic) bond motifs is 1. The average molecular weight is 490 g/mol. The molecule has 2 amide bonds. The first-order valence-corrected chi connectivity index (χ1v) is 13.6. The molecule has 4 heterocycles. The van der Waals surface area contributed by atoms with Crippen LogP contribution >= 0.6 is 11.3 Å². The molecule has 176 valence electrons. The number of ether oxygens (including phenoxy) is 1. The summed E-state index contributed by atoms with van der Waals surface area (Å²) in [4.78, 5) is 29.3. The lowest BCUT2D eigenvalue weighted by Gasteiger charge is -2.32. The van der Waals surface area contributed by atoms with Crippen molar-refractivity contribution in [2.45, 2.75) is 23.5 Å². The molecule has 2 saturated heterocycles. The Kier molecular flexibility index (Phi) is 6.26. The standard InChI is InChI=1S/C23H27N3O5S2/c27-22(24-11-13-31-14-12-24)19-15-21(32-16-19)33(29,30)25-8-5-18(6-9-25)23(28)26-10-7-17-3-1-2-4-20(17)26/h1-4,15-16,18H,5-14H2. The van der Waals surface area contributed by atoms with Gasteiger partial charge in [0.15, 0.2) is 0 Å². The summed E-state index contributed by atoms with van der Waals surface area (Å²) >= 11 is 1.08. The van der Waals surface area contributed by atoms with E-state index in [0.717, 1.165) is 23.4 Å². The van der Waals surface area contributed by atoms with Crippen molar-refractivity contribution in [1.82, 2.24) is 9.21 Å². The first-order valence-electron chi connectivity index (χ1n) is 11.3. The van der Waals surface area contributed by atoms with Gasteiger partial charge in [-0.1, -0.05) is 18.2 Å². The van der Waals surface area contributed by atoms with Crippen molar-refractivity contribution in [2.75, 3.05) is 50.8 Å². The molecule has 10 heteroatoms. The maximum atomic E-state index is 13.2. The highest BCUT2D eigenvalue weighted by molar-refractivity contribution is 7.91. The summed E-state index contributed by atoms with van der Waals surface area (Å²) in [6.45, 7) is 3.32. The lowest BCUT2D eigenvalue weighted by atomic mass is 9.96. The first-order chi connectivity index (χ1) is 15.9. The van der Waals surface area contributed by atoms with Gasteiger partial charge in [-0.05, 0) is 37.0 Å². The molecule has 0 N–H and O–H groups in total. The summed E-state index contributed by atoms with van der Waals surface area (Å²) in [6.07, 6.45) is 1.86. The van der Waals surface area contributed by atoms with Crippen molar-refractivity contribution in [3.63, 3.8) is 0 Å². The molecule has 0 saturated carbocycles. The third-order valence-corrected chi connectivity index (χ3v) is 9.98. The molecule has 1 aromatic heterocycles. The van der Waals surface area contributed by atoms with Crippen LogP contribution in [0.15, 0.2) is 39.9 Å². The third-order valence-electron chi connectivity index (χ3n) is 6.67. The fourth-order valence-electron chi connectivity index (χ4n) is 4.77. The van der Waals surface area contributed by atoms with Crippen LogP contribution in [0, 0.1) is 5.92 Å². The molecule has 0 spiro atoms. The van der Waals surface area contributed by atoms with Crippen LogP contribution in [-0.4, -0.2) is 75.4 Å². The van der Waals surface area contributed by atoms with Gasteiger partial charge in [-0.3, -0.25) is 9.59 Å². The van der Waals surface area contributed by atoms with Crippen LogP contribution in [0.25, 0.3) is 0 Å². The van der Waals surface area contributed by atoms with E-state index in [9.17, 15) is 18.0 Å². The minimum absolute atomic E-state index is 0.0894. The number of hydrogen-bond acceptors (Lipinski definition) is 6. The molecular weight excluding hydrogens is 462 g/mol. The number of thiophene rings is 1. The van der Waals surface area contributed by atoms with Gasteiger partial charge in [0.2, 0.25) is 5.91 Å². The topological polar surface area (TPSA) is 87.2 Å². The van der Waals surface area contributed by atoms with Gasteiger partial charge in [0.25, 0.3) is 15.9 Å². The zero-order chi connectivity index (χ0) is 23.0. The Balaban J connectivity index is 1.22. The van der Waals surface area contributed by atoms with Crippen LogP contribution in [0.4, 0.5) is 5.69 Å². The molecule has 0 atom stereocenters. The second-order valence-electron chi connectivity index (χ2n) is 8.61. The summed E-state index contributed by atoms with van der Waals surface area (Å²) in [5, 5.41) is 1.62. The molecular formula is C23H27N3O5S2. The number of para-hydroxylation sites is 1. The van der Waals surface area contributed by atoms with E-state index in [1.54, 1.807) is 10.3 Å². The lowest BCUT2D eigenvalue weighted by molar-refractivity contribution is -0.123. The summed E-state index contributed by atoms with van der Waals surface area (Å²) in [5.74, 6) is -0.248. The predicted molar refractivity (Wildman–Crippen MR) is 125 cm³/mol. The second-order valence-corrected chi connectivity index (χ2v) is 11.7. The number of nitrogens with zero attached hydrogens (tertiary/aromatic N) is 3. The van der Waals surface area contributed by atoms with Crippen molar-refractivity contribution in [3.05, 3.63) is 46.8 Å². The number of rotatable bonds is 4. The normalized spacial score (nSPS) is 20.1. The fourth-order valence-corrected chi connectivity index (χ4v) is 7.55. The molecule has 5 rings (SSSR count). The predicted octanol–water partition coefficient (Wildman–Crippen LogP) is 2.21. The Bertz CT molecular complexity index is 1150. The molecule has 2 aromatic rings. The Hall–Kier alpha value is -2.27. The van der Waals surface area contributed by atoms with Crippen molar-refractivity contribution in [2.24, 2.45) is 5.92 Å². The third kappa shape index (κ3) is 4.32. The number of amides is 2. The maximum Gasteiger partial charge on any atom is 0.254 e. The van der Waals surface area contributed by atoms with E-state index in [0.29, 0.717) is 64.3 Å². The molecule has 33 heavy (non-hydrogen) atoms. The van der Waals surface area contributed by atoms with E-state index in [2.05, 4.69) is 6.07 Å². The van der Waals surface area contributed by atoms with Gasteiger partial charge in [-0.2, -0.15) is 4.31 Å². The monoisotopic (exact) mass is 489 g/mol. The SMILES string of the molecule is O=C(c1csc(S(=O)(=O)N2CCC(C(=O)N3CCc4ccccc43)CC2)c1)N1CCOCC1. The second kappa shape index (κ2) is 9.17. The summed E-state index contributed by atoms with van der Waals surface area (Å²) < 4.78 is 33.3. The average Bonchev–Trinajstić information content (AvgIpc) is 3.52. The lowest BCUT2D eigenvalue weighted by Crippen LogP contribution is -2.44. The fraction of sp³-hybridized carbons (Fsp3) is 0.478. The molecule has 0 unspecified atom stereocenters. The van der Waals surface area contributed by atoms with Gasteiger partial charge < -0.3 is 14.5 Å². The van der Waals surface area contributed by atoms with Crippen molar-refractivity contribution < 1.29 is 22.7 Å². The number of hydrogen-bond donors (Lipinski definition) is 0. The van der Waals surface area contributed by atoms with Crippen LogP contribution in [0.2, 0.25) is 0 Å². The highest BCUT2D eigenvalue weighted by Gasteiger charge is 2.36. The number of benzene rings is 1. The van der Waals surface area contributed by atoms with Crippen LogP contribution < -0.4 is 4.90 Å². The van der Waals surface area contributed by atoms with Gasteiger partial charge in [-0.25, -0.2) is 8.42 Å². The zero-order valence-electron chi connectivity index (χ0n) is 18.3. The van der Waals surface area contributed by atoms with Crippen molar-refractivity contribution >= 4 is 38.9 Å². The molecule has 2 fully saturated rings. The van der Waals surface area contributed by atoms with E-state index >= 15 is 0 Å². The van der Waals surface area contributed by atoms with Gasteiger partial charge in [0.1, 0.15) is 4.21 Å². The van der Waals surface area contributed by atoms with E-state index in [-0.39, 0.29) is 21.9 Å². The van der Waals surface area contributed by atoms with E-state index in [1.165, 1.54) is 15.9 Å². The largest absolute Gasteiger partial charge is 0.378 e. The molecule has 3 aliphatic rings. The van der Waals surface area contributed by atoms with Gasteiger partial charge >= 0.3 is 0 Å². The number of morpholine rings is 1. The Morgan fingerprint density at radius 1 is 1.00 bits per heavy atom. The minimum Gasteiger partial charge on any atom is -0.378 e. The van der Waals surface area contributed by atoms with Crippen LogP contribution in [0.5, 0.6) is 0 Å². The van der Waals surface area contributed by atoms with E-state index in [4.69, 9.17) is 4.74 Å². The van der Waals surface area contributed by atoms with Gasteiger partial charge in [0.05, 0.1) is 18.8 Å². The molecule has 3 aliphatic heterocycles. The number of sulfonamides is 1. The molecule has 0 aliphatic carbocycles. The Labute approximate surface area is 197 Å². The number of anilines is 1. The van der Waals surface area contributed by atoms with Crippen molar-refractivity contribution in [1.29, 1.82) is 0 Å². The number of carbonyl (C=O) groups excluding carboxylic acids is 2. The van der Waals surface area contributed by atoms with E-state index in [1.807, 2.05) is 23.1 Å². The molecule has 0 bridgehead atoms. The molecule has 0 radical (unpaired) electrons. The highest BCUT2D eigenvalue weighted by Crippen LogP contribution is 2.33. The van der Waals surface area contributed by atoms with Gasteiger partial charge in [-0.15, -0.1) is 11.3 Å². The smallest absolute Gasteiger partial charge is 0.254 e. The van der Waals surface area contributed by atoms with Crippen molar-refractivity contribution in [3.8, 4) is 0 Å². The van der Waals surface area contributed by atoms with Gasteiger partial charge in [0, 0.05) is 49.7 Å². The maximum absolute atomic E-state index is 13.2. The minimum atomic E-state index is -3.69.